The van der Waals surface area contributed by atoms with Crippen LogP contribution in [0, 0.1) is 6.92 Å². The zero-order valence-electron chi connectivity index (χ0n) is 17.2. The molecule has 0 aromatic heterocycles. The van der Waals surface area contributed by atoms with Crippen molar-refractivity contribution in [3.63, 3.8) is 0 Å². The van der Waals surface area contributed by atoms with Gasteiger partial charge in [-0.25, -0.2) is 12.7 Å². The number of amides is 2. The summed E-state index contributed by atoms with van der Waals surface area (Å²) in [5.74, 6) is -0.837. The number of hydrogen-bond donors (Lipinski definition) is 0. The second kappa shape index (κ2) is 8.51. The fourth-order valence-corrected chi connectivity index (χ4v) is 5.78. The molecule has 0 radical (unpaired) electrons. The Morgan fingerprint density at radius 2 is 1.58 bits per heavy atom. The van der Waals surface area contributed by atoms with Crippen LogP contribution in [0.2, 0.25) is 5.02 Å². The molecule has 164 valence electrons. The summed E-state index contributed by atoms with van der Waals surface area (Å²) in [7, 11) is -4.08. The highest BCUT2D eigenvalue weighted by Crippen LogP contribution is 2.29. The quantitative estimate of drug-likeness (QED) is 0.699. The van der Waals surface area contributed by atoms with Gasteiger partial charge in [0.2, 0.25) is 11.8 Å². The van der Waals surface area contributed by atoms with Crippen molar-refractivity contribution < 1.29 is 18.0 Å². The van der Waals surface area contributed by atoms with E-state index in [1.54, 1.807) is 17.0 Å². The first-order chi connectivity index (χ1) is 14.8. The van der Waals surface area contributed by atoms with Crippen LogP contribution >= 0.6 is 11.6 Å². The normalized spacial score (nSPS) is 19.7. The van der Waals surface area contributed by atoms with Crippen molar-refractivity contribution in [1.29, 1.82) is 0 Å². The maximum Gasteiger partial charge on any atom is 0.267 e. The molecule has 4 rings (SSSR count). The van der Waals surface area contributed by atoms with Crippen LogP contribution in [0.1, 0.15) is 18.4 Å². The number of sulfonamides is 1. The standard InChI is InChI=1S/C22H24ClN3O4S/c1-16-2-8-19(9-3-16)31(29,30)26-20(10-11-21(26)27)22(28)25-14-12-24(13-15-25)18-6-4-17(23)5-7-18/h2-9,20H,10-15H2,1H3/t20-/m1/s1. The van der Waals surface area contributed by atoms with E-state index < -0.39 is 22.0 Å². The molecular weight excluding hydrogens is 438 g/mol. The average Bonchev–Trinajstić information content (AvgIpc) is 3.16. The van der Waals surface area contributed by atoms with Crippen LogP contribution in [-0.4, -0.2) is 61.7 Å². The zero-order chi connectivity index (χ0) is 22.2. The predicted molar refractivity (Wildman–Crippen MR) is 118 cm³/mol. The summed E-state index contributed by atoms with van der Waals surface area (Å²) in [6, 6.07) is 12.8. The van der Waals surface area contributed by atoms with Gasteiger partial charge in [0.25, 0.3) is 10.0 Å². The first-order valence-corrected chi connectivity index (χ1v) is 12.0. The fraction of sp³-hybridized carbons (Fsp3) is 0.364. The molecule has 0 aliphatic carbocycles. The maximum absolute atomic E-state index is 13.2. The van der Waals surface area contributed by atoms with Crippen molar-refractivity contribution in [1.82, 2.24) is 9.21 Å². The molecule has 2 aromatic rings. The molecule has 31 heavy (non-hydrogen) atoms. The predicted octanol–water partition coefficient (Wildman–Crippen LogP) is 2.68. The lowest BCUT2D eigenvalue weighted by molar-refractivity contribution is -0.138. The molecule has 9 heteroatoms. The molecule has 0 N–H and O–H groups in total. The van der Waals surface area contributed by atoms with E-state index in [0.717, 1.165) is 15.6 Å². The van der Waals surface area contributed by atoms with Gasteiger partial charge in [0.1, 0.15) is 6.04 Å². The van der Waals surface area contributed by atoms with E-state index in [1.807, 2.05) is 31.2 Å². The first-order valence-electron chi connectivity index (χ1n) is 10.2. The Morgan fingerprint density at radius 3 is 2.19 bits per heavy atom. The smallest absolute Gasteiger partial charge is 0.267 e. The minimum absolute atomic E-state index is 0.0266. The Morgan fingerprint density at radius 1 is 0.968 bits per heavy atom. The number of halogens is 1. The largest absolute Gasteiger partial charge is 0.368 e. The third kappa shape index (κ3) is 4.27. The molecule has 0 bridgehead atoms. The van der Waals surface area contributed by atoms with Gasteiger partial charge in [0.15, 0.2) is 0 Å². The van der Waals surface area contributed by atoms with E-state index in [-0.39, 0.29) is 23.6 Å². The highest BCUT2D eigenvalue weighted by Gasteiger charge is 2.45. The number of anilines is 1. The molecule has 2 heterocycles. The molecule has 0 spiro atoms. The topological polar surface area (TPSA) is 78.0 Å². The number of rotatable bonds is 4. The lowest BCUT2D eigenvalue weighted by Crippen LogP contribution is -2.55. The molecule has 1 atom stereocenters. The van der Waals surface area contributed by atoms with Crippen LogP contribution in [0.15, 0.2) is 53.4 Å². The van der Waals surface area contributed by atoms with Crippen LogP contribution in [0.25, 0.3) is 0 Å². The van der Waals surface area contributed by atoms with E-state index in [1.165, 1.54) is 12.1 Å². The molecule has 0 unspecified atom stereocenters. The monoisotopic (exact) mass is 461 g/mol. The summed E-state index contributed by atoms with van der Waals surface area (Å²) < 4.78 is 27.1. The summed E-state index contributed by atoms with van der Waals surface area (Å²) in [5, 5.41) is 0.665. The Hall–Kier alpha value is -2.58. The van der Waals surface area contributed by atoms with E-state index >= 15 is 0 Å². The molecule has 7 nitrogen and oxygen atoms in total. The molecule has 2 aliphatic heterocycles. The number of benzene rings is 2. The van der Waals surface area contributed by atoms with Gasteiger partial charge >= 0.3 is 0 Å². The van der Waals surface area contributed by atoms with Gasteiger partial charge in [-0.05, 0) is 49.7 Å². The van der Waals surface area contributed by atoms with E-state index in [9.17, 15) is 18.0 Å². The first kappa shape index (κ1) is 21.6. The average molecular weight is 462 g/mol. The highest BCUT2D eigenvalue weighted by atomic mass is 35.5. The lowest BCUT2D eigenvalue weighted by Gasteiger charge is -2.38. The van der Waals surface area contributed by atoms with Crippen LogP contribution in [-0.2, 0) is 19.6 Å². The maximum atomic E-state index is 13.2. The summed E-state index contributed by atoms with van der Waals surface area (Å²) in [4.78, 5) is 29.5. The van der Waals surface area contributed by atoms with E-state index in [0.29, 0.717) is 31.2 Å². The van der Waals surface area contributed by atoms with E-state index in [2.05, 4.69) is 4.90 Å². The van der Waals surface area contributed by atoms with Crippen molar-refractivity contribution in [3.05, 3.63) is 59.1 Å². The summed E-state index contributed by atoms with van der Waals surface area (Å²) in [5.41, 5.74) is 1.94. The minimum Gasteiger partial charge on any atom is -0.368 e. The number of carbonyl (C=O) groups is 2. The Bertz CT molecular complexity index is 1080. The number of hydrogen-bond acceptors (Lipinski definition) is 5. The van der Waals surface area contributed by atoms with Crippen LogP contribution in [0.4, 0.5) is 5.69 Å². The SMILES string of the molecule is Cc1ccc(S(=O)(=O)N2C(=O)CC[C@@H]2C(=O)N2CCN(c3ccc(Cl)cc3)CC2)cc1. The van der Waals surface area contributed by atoms with Gasteiger partial charge in [-0.15, -0.1) is 0 Å². The fourth-order valence-electron chi connectivity index (χ4n) is 4.06. The molecule has 2 aliphatic rings. The number of carbonyl (C=O) groups excluding carboxylic acids is 2. The van der Waals surface area contributed by atoms with Crippen molar-refractivity contribution in [2.24, 2.45) is 0 Å². The third-order valence-corrected chi connectivity index (χ3v) is 7.90. The summed E-state index contributed by atoms with van der Waals surface area (Å²) >= 11 is 5.95. The van der Waals surface area contributed by atoms with Gasteiger partial charge in [0.05, 0.1) is 4.90 Å². The van der Waals surface area contributed by atoms with Crippen LogP contribution < -0.4 is 4.90 Å². The Kier molecular flexibility index (Phi) is 5.94. The number of piperazine rings is 1. The van der Waals surface area contributed by atoms with Crippen molar-refractivity contribution >= 4 is 39.1 Å². The van der Waals surface area contributed by atoms with Gasteiger partial charge < -0.3 is 9.80 Å². The Labute approximate surface area is 187 Å². The summed E-state index contributed by atoms with van der Waals surface area (Å²) in [6.45, 7) is 4.03. The zero-order valence-corrected chi connectivity index (χ0v) is 18.8. The van der Waals surface area contributed by atoms with Gasteiger partial charge in [-0.2, -0.15) is 0 Å². The highest BCUT2D eigenvalue weighted by molar-refractivity contribution is 7.89. The molecular formula is C22H24ClN3O4S. The van der Waals surface area contributed by atoms with Crippen LogP contribution in [0.5, 0.6) is 0 Å². The summed E-state index contributed by atoms with van der Waals surface area (Å²) in [6.07, 6.45) is 0.256. The van der Waals surface area contributed by atoms with Crippen molar-refractivity contribution in [2.75, 3.05) is 31.1 Å². The Balaban J connectivity index is 1.48. The lowest BCUT2D eigenvalue weighted by atomic mass is 10.1. The minimum atomic E-state index is -4.08. The molecule has 0 saturated carbocycles. The second-order valence-electron chi connectivity index (χ2n) is 7.85. The van der Waals surface area contributed by atoms with Gasteiger partial charge in [-0.3, -0.25) is 9.59 Å². The number of aryl methyl sites for hydroxylation is 1. The van der Waals surface area contributed by atoms with Gasteiger partial charge in [-0.1, -0.05) is 29.3 Å². The molecule has 2 aromatic carbocycles. The molecule has 2 fully saturated rings. The van der Waals surface area contributed by atoms with Crippen molar-refractivity contribution in [2.45, 2.75) is 30.7 Å². The second-order valence-corrected chi connectivity index (χ2v) is 10.1. The van der Waals surface area contributed by atoms with E-state index in [4.69, 9.17) is 11.6 Å². The van der Waals surface area contributed by atoms with Gasteiger partial charge in [0, 0.05) is 43.3 Å². The van der Waals surface area contributed by atoms with Crippen LogP contribution in [0.3, 0.4) is 0 Å². The molecule has 2 saturated heterocycles. The number of nitrogens with zero attached hydrogens (tertiary/aromatic N) is 3. The molecule has 2 amide bonds. The van der Waals surface area contributed by atoms with Crippen molar-refractivity contribution in [3.8, 4) is 0 Å². The third-order valence-electron chi connectivity index (χ3n) is 5.81.